The van der Waals surface area contributed by atoms with E-state index in [2.05, 4.69) is 138 Å². The molecule has 0 atom stereocenters. The molecule has 0 saturated heterocycles. The lowest BCUT2D eigenvalue weighted by Crippen LogP contribution is -1.97. The number of nitrogens with zero attached hydrogens (tertiary/aromatic N) is 4. The zero-order valence-corrected chi connectivity index (χ0v) is 28.9. The molecule has 0 spiro atoms. The second-order valence-electron chi connectivity index (χ2n) is 12.4. The van der Waals surface area contributed by atoms with Crippen molar-refractivity contribution in [2.24, 2.45) is 15.0 Å². The van der Waals surface area contributed by atoms with Gasteiger partial charge in [0.1, 0.15) is 0 Å². The molecule has 0 N–H and O–H groups in total. The highest BCUT2D eigenvalue weighted by Gasteiger charge is 2.12. The molecule has 0 saturated carbocycles. The van der Waals surface area contributed by atoms with Crippen molar-refractivity contribution in [3.05, 3.63) is 199 Å². The van der Waals surface area contributed by atoms with E-state index in [4.69, 9.17) is 4.99 Å². The number of amidine groups is 1. The maximum absolute atomic E-state index is 4.73. The maximum Gasteiger partial charge on any atom is 0.154 e. The van der Waals surface area contributed by atoms with E-state index < -0.39 is 0 Å². The quantitative estimate of drug-likeness (QED) is 0.117. The zero-order chi connectivity index (χ0) is 35.5. The summed E-state index contributed by atoms with van der Waals surface area (Å²) in [6.45, 7) is 8.39. The van der Waals surface area contributed by atoms with Gasteiger partial charge in [-0.25, -0.2) is 4.99 Å². The number of aliphatic imine (C=N–C) groups is 3. The summed E-state index contributed by atoms with van der Waals surface area (Å²) >= 11 is 0. The van der Waals surface area contributed by atoms with Crippen molar-refractivity contribution in [3.8, 4) is 33.4 Å². The lowest BCUT2D eigenvalue weighted by atomic mass is 9.90. The Kier molecular flexibility index (Phi) is 10.6. The van der Waals surface area contributed by atoms with Crippen molar-refractivity contribution < 1.29 is 0 Å². The summed E-state index contributed by atoms with van der Waals surface area (Å²) in [5, 5.41) is 3.61. The van der Waals surface area contributed by atoms with Crippen LogP contribution >= 0.6 is 0 Å². The van der Waals surface area contributed by atoms with Crippen LogP contribution in [0.1, 0.15) is 16.7 Å². The number of fused-ring (bicyclic) bond motifs is 2. The second kappa shape index (κ2) is 16.3. The highest BCUT2D eigenvalue weighted by Crippen LogP contribution is 2.37. The lowest BCUT2D eigenvalue weighted by Gasteiger charge is -2.14. The molecule has 0 aliphatic carbocycles. The predicted molar refractivity (Wildman–Crippen MR) is 221 cm³/mol. The molecule has 0 bridgehead atoms. The van der Waals surface area contributed by atoms with Crippen molar-refractivity contribution in [3.63, 3.8) is 0 Å². The van der Waals surface area contributed by atoms with E-state index in [1.807, 2.05) is 72.9 Å². The molecule has 7 aromatic carbocycles. The Hall–Kier alpha value is -6.78. The first-order valence-electron chi connectivity index (χ1n) is 17.3. The lowest BCUT2D eigenvalue weighted by molar-refractivity contribution is 1.06. The van der Waals surface area contributed by atoms with Gasteiger partial charge >= 0.3 is 0 Å². The van der Waals surface area contributed by atoms with Crippen molar-refractivity contribution in [2.45, 2.75) is 13.1 Å². The van der Waals surface area contributed by atoms with E-state index in [-0.39, 0.29) is 0 Å². The highest BCUT2D eigenvalue weighted by atomic mass is 14.9. The van der Waals surface area contributed by atoms with Gasteiger partial charge < -0.3 is 0 Å². The molecular weight excluding hydrogens is 633 g/mol. The summed E-state index contributed by atoms with van der Waals surface area (Å²) in [7, 11) is 0. The Morgan fingerprint density at radius 2 is 1.04 bits per heavy atom. The minimum absolute atomic E-state index is 0.541. The Labute approximate surface area is 305 Å². The van der Waals surface area contributed by atoms with Crippen LogP contribution in [-0.2, 0) is 13.1 Å². The zero-order valence-electron chi connectivity index (χ0n) is 28.9. The van der Waals surface area contributed by atoms with Crippen LogP contribution in [0.4, 0.5) is 0 Å². The Bertz CT molecular complexity index is 2460. The van der Waals surface area contributed by atoms with E-state index in [9.17, 15) is 0 Å². The average molecular weight is 671 g/mol. The molecule has 8 aromatic rings. The SMILES string of the molecule is C=NC(=NCc1ccc(-c2cc3ccccc3cc2-c2ccc(-c3cccc4ncccc34)cc2)cc1)c1ccccc1.C=NCc1ccccc1. The van der Waals surface area contributed by atoms with E-state index >= 15 is 0 Å². The predicted octanol–water partition coefficient (Wildman–Crippen LogP) is 11.9. The Morgan fingerprint density at radius 3 is 1.65 bits per heavy atom. The van der Waals surface area contributed by atoms with Gasteiger partial charge in [-0.2, -0.15) is 0 Å². The van der Waals surface area contributed by atoms with Crippen LogP contribution in [0.15, 0.2) is 197 Å². The first kappa shape index (κ1) is 33.7. The summed E-state index contributed by atoms with van der Waals surface area (Å²) in [5.41, 5.74) is 11.4. The summed E-state index contributed by atoms with van der Waals surface area (Å²) in [6.07, 6.45) is 1.84. The molecular formula is C48H38N4. The Balaban J connectivity index is 0.000000410. The monoisotopic (exact) mass is 670 g/mol. The van der Waals surface area contributed by atoms with Crippen molar-refractivity contribution in [1.29, 1.82) is 0 Å². The van der Waals surface area contributed by atoms with Crippen LogP contribution < -0.4 is 0 Å². The van der Waals surface area contributed by atoms with E-state index in [0.717, 1.165) is 28.6 Å². The van der Waals surface area contributed by atoms with Crippen LogP contribution in [0.3, 0.4) is 0 Å². The first-order chi connectivity index (χ1) is 25.7. The number of benzene rings is 7. The van der Waals surface area contributed by atoms with Crippen LogP contribution in [0.2, 0.25) is 0 Å². The fourth-order valence-electron chi connectivity index (χ4n) is 6.39. The minimum Gasteiger partial charge on any atom is -0.296 e. The fourth-order valence-corrected chi connectivity index (χ4v) is 6.39. The van der Waals surface area contributed by atoms with Gasteiger partial charge in [0.25, 0.3) is 0 Å². The molecule has 1 aromatic heterocycles. The summed E-state index contributed by atoms with van der Waals surface area (Å²) in [6, 6.07) is 61.2. The number of hydrogen-bond donors (Lipinski definition) is 0. The molecule has 0 aliphatic heterocycles. The topological polar surface area (TPSA) is 50.0 Å². The molecule has 0 fully saturated rings. The molecule has 0 aliphatic rings. The van der Waals surface area contributed by atoms with E-state index in [1.165, 1.54) is 49.7 Å². The minimum atomic E-state index is 0.541. The molecule has 1 heterocycles. The third kappa shape index (κ3) is 7.83. The van der Waals surface area contributed by atoms with Gasteiger partial charge in [0, 0.05) is 17.1 Å². The molecule has 4 heteroatoms. The standard InChI is InChI=1S/C40H29N3.C8H9N/c1-41-40(32-9-3-2-4-10-32)43-27-28-16-18-30(19-17-28)37-25-33-11-5-6-12-34(33)26-38(37)31-22-20-29(21-23-31)35-13-7-15-39-36(35)14-8-24-42-39;1-9-7-8-5-3-2-4-6-8/h2-26H,1,27H2;2-6H,1,7H2. The molecule has 52 heavy (non-hydrogen) atoms. The largest absolute Gasteiger partial charge is 0.296 e. The van der Waals surface area contributed by atoms with Crippen molar-refractivity contribution >= 4 is 40.9 Å². The van der Waals surface area contributed by atoms with Crippen LogP contribution in [0.25, 0.3) is 55.1 Å². The molecule has 8 rings (SSSR count). The van der Waals surface area contributed by atoms with Gasteiger partial charge in [0.2, 0.25) is 0 Å². The van der Waals surface area contributed by atoms with Crippen LogP contribution in [0, 0.1) is 0 Å². The van der Waals surface area contributed by atoms with Gasteiger partial charge in [-0.3, -0.25) is 15.0 Å². The van der Waals surface area contributed by atoms with E-state index in [0.29, 0.717) is 12.4 Å². The van der Waals surface area contributed by atoms with Gasteiger partial charge in [-0.05, 0) is 93.0 Å². The summed E-state index contributed by atoms with van der Waals surface area (Å²) in [4.78, 5) is 17.2. The van der Waals surface area contributed by atoms with Gasteiger partial charge in [0.15, 0.2) is 5.84 Å². The van der Waals surface area contributed by atoms with Gasteiger partial charge in [0.05, 0.1) is 18.6 Å². The summed E-state index contributed by atoms with van der Waals surface area (Å²) < 4.78 is 0. The van der Waals surface area contributed by atoms with Crippen molar-refractivity contribution in [2.75, 3.05) is 0 Å². The number of pyridine rings is 1. The average Bonchev–Trinajstić information content (AvgIpc) is 3.22. The maximum atomic E-state index is 4.73. The fraction of sp³-hybridized carbons (Fsp3) is 0.0417. The third-order valence-electron chi connectivity index (χ3n) is 9.03. The normalized spacial score (nSPS) is 11.1. The number of rotatable bonds is 8. The number of aromatic nitrogens is 1. The van der Waals surface area contributed by atoms with Gasteiger partial charge in [-0.15, -0.1) is 0 Å². The molecule has 0 unspecified atom stereocenters. The first-order valence-corrected chi connectivity index (χ1v) is 17.3. The molecule has 0 amide bonds. The van der Waals surface area contributed by atoms with Crippen molar-refractivity contribution in [1.82, 2.24) is 4.98 Å². The van der Waals surface area contributed by atoms with E-state index in [1.54, 1.807) is 0 Å². The molecule has 4 nitrogen and oxygen atoms in total. The third-order valence-corrected chi connectivity index (χ3v) is 9.03. The summed E-state index contributed by atoms with van der Waals surface area (Å²) in [5.74, 6) is 0.657. The second-order valence-corrected chi connectivity index (χ2v) is 12.4. The Morgan fingerprint density at radius 1 is 0.481 bits per heavy atom. The smallest absolute Gasteiger partial charge is 0.154 e. The molecule has 250 valence electrons. The highest BCUT2D eigenvalue weighted by molar-refractivity contribution is 6.01. The van der Waals surface area contributed by atoms with Crippen LogP contribution in [-0.4, -0.2) is 24.3 Å². The van der Waals surface area contributed by atoms with Crippen LogP contribution in [0.5, 0.6) is 0 Å². The van der Waals surface area contributed by atoms with Gasteiger partial charge in [-0.1, -0.05) is 152 Å². The molecule has 0 radical (unpaired) electrons. The number of hydrogen-bond acceptors (Lipinski definition) is 3.